The highest BCUT2D eigenvalue weighted by Gasteiger charge is 2.70. The van der Waals surface area contributed by atoms with Crippen molar-refractivity contribution in [2.75, 3.05) is 5.75 Å². The Bertz CT molecular complexity index is 1380. The number of ketones is 2. The van der Waals surface area contributed by atoms with E-state index < -0.39 is 34.2 Å². The molecule has 0 spiro atoms. The lowest BCUT2D eigenvalue weighted by Crippen LogP contribution is -2.62. The van der Waals surface area contributed by atoms with E-state index in [2.05, 4.69) is 16.9 Å². The second kappa shape index (κ2) is 8.57. The molecule has 2 aromatic rings. The van der Waals surface area contributed by atoms with Gasteiger partial charge in [0.2, 0.25) is 0 Å². The van der Waals surface area contributed by atoms with Crippen LogP contribution in [-0.4, -0.2) is 49.2 Å². The molecule has 6 nitrogen and oxygen atoms in total. The lowest BCUT2D eigenvalue weighted by atomic mass is 9.46. The highest BCUT2D eigenvalue weighted by molar-refractivity contribution is 7.99. The molecule has 3 N–H and O–H groups in total. The number of aliphatic hydroxyl groups excluding tert-OH is 1. The van der Waals surface area contributed by atoms with Gasteiger partial charge in [0, 0.05) is 28.9 Å². The molecule has 6 rings (SSSR count). The van der Waals surface area contributed by atoms with Gasteiger partial charge < -0.3 is 15.2 Å². The molecule has 0 saturated heterocycles. The molecule has 1 aromatic heterocycles. The summed E-state index contributed by atoms with van der Waals surface area (Å²) in [6.07, 6.45) is 7.07. The molecule has 38 heavy (non-hydrogen) atoms. The van der Waals surface area contributed by atoms with Crippen molar-refractivity contribution in [1.29, 1.82) is 0 Å². The third kappa shape index (κ3) is 3.47. The van der Waals surface area contributed by atoms with E-state index in [0.717, 1.165) is 42.3 Å². The molecule has 8 atom stereocenters. The number of benzene rings is 1. The number of aromatic nitrogens is 2. The molecular weight excluding hydrogens is 510 g/mol. The van der Waals surface area contributed by atoms with Gasteiger partial charge in [0.25, 0.3) is 0 Å². The van der Waals surface area contributed by atoms with Crippen LogP contribution < -0.4 is 0 Å². The molecule has 4 aliphatic carbocycles. The summed E-state index contributed by atoms with van der Waals surface area (Å²) >= 11 is 1.10. The lowest BCUT2D eigenvalue weighted by molar-refractivity contribution is -0.179. The monoisotopic (exact) mass is 542 g/mol. The lowest BCUT2D eigenvalue weighted by Gasteiger charge is -2.59. The number of hydrogen-bond acceptors (Lipinski definition) is 6. The second-order valence-electron chi connectivity index (χ2n) is 12.2. The van der Waals surface area contributed by atoms with Crippen LogP contribution in [0.15, 0.2) is 41.1 Å². The fraction of sp³-hybridized carbons (Fsp3) is 0.552. The van der Waals surface area contributed by atoms with E-state index in [4.69, 9.17) is 0 Å². The van der Waals surface area contributed by atoms with E-state index in [1.807, 2.05) is 19.9 Å². The molecule has 0 bridgehead atoms. The molecule has 9 heteroatoms. The van der Waals surface area contributed by atoms with Crippen LogP contribution in [0.2, 0.25) is 0 Å². The van der Waals surface area contributed by atoms with Crippen molar-refractivity contribution < 1.29 is 28.6 Å². The van der Waals surface area contributed by atoms with E-state index in [1.54, 1.807) is 12.2 Å². The summed E-state index contributed by atoms with van der Waals surface area (Å²) in [5.74, 6) is -2.60. The highest BCUT2D eigenvalue weighted by atomic mass is 32.2. The number of halogens is 2. The van der Waals surface area contributed by atoms with E-state index in [-0.39, 0.29) is 46.5 Å². The minimum absolute atomic E-state index is 0.0160. The minimum Gasteiger partial charge on any atom is -0.393 e. The first kappa shape index (κ1) is 25.9. The van der Waals surface area contributed by atoms with E-state index >= 15 is 0 Å². The Balaban J connectivity index is 1.26. The summed E-state index contributed by atoms with van der Waals surface area (Å²) in [7, 11) is 0. The van der Waals surface area contributed by atoms with Crippen molar-refractivity contribution in [2.24, 2.45) is 34.5 Å². The van der Waals surface area contributed by atoms with Crippen LogP contribution in [0.25, 0.3) is 11.0 Å². The number of hydrogen-bond donors (Lipinski definition) is 3. The summed E-state index contributed by atoms with van der Waals surface area (Å²) in [6.45, 7) is 5.96. The number of Topliss-reactive ketones (excluding diaryl/α,β-unsaturated/α-hetero) is 1. The third-order valence-corrected chi connectivity index (χ3v) is 11.2. The number of carbonyl (C=O) groups excluding carboxylic acids is 2. The number of aliphatic hydroxyl groups is 2. The largest absolute Gasteiger partial charge is 0.393 e. The van der Waals surface area contributed by atoms with Crippen molar-refractivity contribution in [3.8, 4) is 0 Å². The molecule has 202 valence electrons. The second-order valence-corrected chi connectivity index (χ2v) is 13.1. The standard InChI is InChI=1S/C29H32F2N2O4S/c1-14-8-18-17-5-4-15-9-16(34)6-7-27(15,2)25(17)23(35)12-28(18,3)29(14,37)24(36)13-38-26-32-21-10-19(30)20(31)11-22(21)33-26/h6-7,9-11,14,17-18,23,25,35,37H,4-5,8,12-13H2,1-3H3,(H,32,33)/t14-,17?,18?,23+,25?,27?,28?,29+/m1/s1. The van der Waals surface area contributed by atoms with Crippen molar-refractivity contribution in [3.63, 3.8) is 0 Å². The first-order valence-electron chi connectivity index (χ1n) is 13.2. The van der Waals surface area contributed by atoms with Crippen LogP contribution in [0.3, 0.4) is 0 Å². The van der Waals surface area contributed by atoms with Crippen molar-refractivity contribution in [2.45, 2.75) is 63.3 Å². The molecule has 0 amide bonds. The number of imidazole rings is 1. The Labute approximate surface area is 224 Å². The maximum Gasteiger partial charge on any atom is 0.178 e. The predicted molar refractivity (Wildman–Crippen MR) is 139 cm³/mol. The van der Waals surface area contributed by atoms with Crippen LogP contribution in [0.4, 0.5) is 8.78 Å². The van der Waals surface area contributed by atoms with Crippen LogP contribution in [0.1, 0.15) is 46.5 Å². The normalized spacial score (nSPS) is 40.0. The molecule has 1 aromatic carbocycles. The van der Waals surface area contributed by atoms with Crippen LogP contribution in [0.5, 0.6) is 0 Å². The fourth-order valence-electron chi connectivity index (χ4n) is 8.55. The molecule has 0 radical (unpaired) electrons. The average Bonchev–Trinajstić information content (AvgIpc) is 3.34. The summed E-state index contributed by atoms with van der Waals surface area (Å²) in [6, 6.07) is 2.04. The maximum atomic E-state index is 13.8. The smallest absolute Gasteiger partial charge is 0.178 e. The molecule has 0 aliphatic heterocycles. The number of allylic oxidation sites excluding steroid dienone is 4. The Morgan fingerprint density at radius 3 is 2.76 bits per heavy atom. The summed E-state index contributed by atoms with van der Waals surface area (Å²) in [4.78, 5) is 33.0. The van der Waals surface area contributed by atoms with E-state index in [9.17, 15) is 28.6 Å². The fourth-order valence-corrected chi connectivity index (χ4v) is 9.38. The molecule has 5 unspecified atom stereocenters. The number of fused-ring (bicyclic) bond motifs is 6. The number of aromatic amines is 1. The third-order valence-electron chi connectivity index (χ3n) is 10.3. The van der Waals surface area contributed by atoms with Gasteiger partial charge in [-0.05, 0) is 55.6 Å². The quantitative estimate of drug-likeness (QED) is 0.482. The number of carbonyl (C=O) groups is 2. The highest BCUT2D eigenvalue weighted by Crippen LogP contribution is 2.68. The molecular formula is C29H32F2N2O4S. The first-order valence-corrected chi connectivity index (χ1v) is 14.2. The van der Waals surface area contributed by atoms with Gasteiger partial charge in [-0.1, -0.05) is 44.2 Å². The number of nitrogens with one attached hydrogen (secondary N) is 1. The van der Waals surface area contributed by atoms with Crippen molar-refractivity contribution in [3.05, 3.63) is 47.6 Å². The average molecular weight is 543 g/mol. The van der Waals surface area contributed by atoms with Gasteiger partial charge in [-0.15, -0.1) is 0 Å². The van der Waals surface area contributed by atoms with Gasteiger partial charge in [-0.3, -0.25) is 9.59 Å². The maximum absolute atomic E-state index is 13.8. The zero-order valence-corrected chi connectivity index (χ0v) is 22.4. The summed E-state index contributed by atoms with van der Waals surface area (Å²) in [5.41, 5.74) is -1.20. The number of thioether (sulfide) groups is 1. The Morgan fingerprint density at radius 1 is 1.26 bits per heavy atom. The van der Waals surface area contributed by atoms with Crippen LogP contribution >= 0.6 is 11.8 Å². The topological polar surface area (TPSA) is 103 Å². The van der Waals surface area contributed by atoms with Gasteiger partial charge in [-0.25, -0.2) is 13.8 Å². The zero-order valence-electron chi connectivity index (χ0n) is 21.6. The Hall–Kier alpha value is -2.36. The Kier molecular flexibility index (Phi) is 5.84. The van der Waals surface area contributed by atoms with Gasteiger partial charge in [0.1, 0.15) is 5.60 Å². The number of nitrogens with zero attached hydrogens (tertiary/aromatic N) is 1. The number of H-pyrrole nitrogens is 1. The molecule has 3 saturated carbocycles. The number of rotatable bonds is 4. The zero-order chi connectivity index (χ0) is 27.2. The van der Waals surface area contributed by atoms with Gasteiger partial charge in [0.15, 0.2) is 28.4 Å². The van der Waals surface area contributed by atoms with Crippen LogP contribution in [-0.2, 0) is 9.59 Å². The van der Waals surface area contributed by atoms with E-state index in [1.165, 1.54) is 0 Å². The minimum atomic E-state index is -1.63. The predicted octanol–water partition coefficient (Wildman–Crippen LogP) is 4.76. The summed E-state index contributed by atoms with van der Waals surface area (Å²) in [5, 5.41) is 24.1. The van der Waals surface area contributed by atoms with Gasteiger partial charge in [-0.2, -0.15) is 0 Å². The van der Waals surface area contributed by atoms with Gasteiger partial charge in [0.05, 0.1) is 22.9 Å². The van der Waals surface area contributed by atoms with Gasteiger partial charge >= 0.3 is 0 Å². The first-order chi connectivity index (χ1) is 17.9. The molecule has 1 heterocycles. The van der Waals surface area contributed by atoms with Crippen LogP contribution in [0, 0.1) is 46.1 Å². The Morgan fingerprint density at radius 2 is 2.00 bits per heavy atom. The summed E-state index contributed by atoms with van der Waals surface area (Å²) < 4.78 is 27.2. The molecule has 3 fully saturated rings. The SMILES string of the molecule is C[C@@H]1CC2C3CCC4=CC(=O)C=CC4(C)C3[C@@H](O)CC2(C)[C@@]1(O)C(=O)CSc1nc2cc(F)c(F)cc2[nH]1. The van der Waals surface area contributed by atoms with Crippen molar-refractivity contribution in [1.82, 2.24) is 9.97 Å². The van der Waals surface area contributed by atoms with E-state index in [0.29, 0.717) is 23.5 Å². The van der Waals surface area contributed by atoms with Crippen molar-refractivity contribution >= 4 is 34.4 Å². The molecule has 4 aliphatic rings.